The zero-order valence-electron chi connectivity index (χ0n) is 11.5. The number of aryl methyl sites for hydroxylation is 1. The van der Waals surface area contributed by atoms with Gasteiger partial charge >= 0.3 is 0 Å². The van der Waals surface area contributed by atoms with Gasteiger partial charge in [-0.2, -0.15) is 0 Å². The summed E-state index contributed by atoms with van der Waals surface area (Å²) in [5.41, 5.74) is 2.01. The van der Waals surface area contributed by atoms with E-state index in [1.165, 1.54) is 23.3 Å². The monoisotopic (exact) mass is 287 g/mol. The van der Waals surface area contributed by atoms with Crippen LogP contribution >= 0.6 is 11.8 Å². The molecule has 3 rings (SSSR count). The minimum absolute atomic E-state index is 0.114. The Balaban J connectivity index is 1.84. The maximum Gasteiger partial charge on any atom is 0.128 e. The van der Waals surface area contributed by atoms with Crippen molar-refractivity contribution in [3.63, 3.8) is 0 Å². The first kappa shape index (κ1) is 13.7. The Bertz CT molecular complexity index is 608. The summed E-state index contributed by atoms with van der Waals surface area (Å²) in [6, 6.07) is 14.2. The van der Waals surface area contributed by atoms with Gasteiger partial charge in [0.1, 0.15) is 5.82 Å². The van der Waals surface area contributed by atoms with E-state index in [0.717, 1.165) is 10.5 Å². The van der Waals surface area contributed by atoms with E-state index in [0.29, 0.717) is 12.6 Å². The molecule has 0 amide bonds. The fourth-order valence-corrected chi connectivity index (χ4v) is 3.18. The van der Waals surface area contributed by atoms with Crippen molar-refractivity contribution in [3.8, 4) is 0 Å². The Labute approximate surface area is 123 Å². The molecule has 1 saturated carbocycles. The van der Waals surface area contributed by atoms with Crippen LogP contribution in [-0.2, 0) is 6.54 Å². The Morgan fingerprint density at radius 1 is 1.10 bits per heavy atom. The van der Waals surface area contributed by atoms with Gasteiger partial charge in [0, 0.05) is 27.9 Å². The van der Waals surface area contributed by atoms with Gasteiger partial charge in [0.2, 0.25) is 0 Å². The third-order valence-electron chi connectivity index (χ3n) is 3.53. The van der Waals surface area contributed by atoms with Crippen molar-refractivity contribution in [1.29, 1.82) is 0 Å². The molecule has 20 heavy (non-hydrogen) atoms. The molecule has 0 atom stereocenters. The van der Waals surface area contributed by atoms with E-state index in [1.807, 2.05) is 18.2 Å². The van der Waals surface area contributed by atoms with Crippen LogP contribution in [0.25, 0.3) is 0 Å². The fraction of sp³-hybridized carbons (Fsp3) is 0.294. The maximum atomic E-state index is 14.1. The van der Waals surface area contributed by atoms with Crippen molar-refractivity contribution in [2.45, 2.75) is 42.1 Å². The van der Waals surface area contributed by atoms with Crippen molar-refractivity contribution >= 4 is 11.8 Å². The number of hydrogen-bond acceptors (Lipinski definition) is 2. The fourth-order valence-electron chi connectivity index (χ4n) is 2.13. The first-order valence-electron chi connectivity index (χ1n) is 6.98. The highest BCUT2D eigenvalue weighted by molar-refractivity contribution is 7.99. The highest BCUT2D eigenvalue weighted by atomic mass is 32.2. The molecule has 2 aromatic rings. The lowest BCUT2D eigenvalue weighted by Crippen LogP contribution is -2.16. The standard InChI is InChI=1S/C17H18FNS/c1-12-5-2-3-7-16(12)20-17-8-4-6-15(18)14(17)11-19-13-9-10-13/h2-8,13,19H,9-11H2,1H3. The minimum Gasteiger partial charge on any atom is -0.310 e. The van der Waals surface area contributed by atoms with Gasteiger partial charge in [-0.05, 0) is 43.5 Å². The van der Waals surface area contributed by atoms with Gasteiger partial charge in [0.05, 0.1) is 0 Å². The molecular formula is C17H18FNS. The van der Waals surface area contributed by atoms with Crippen molar-refractivity contribution in [2.24, 2.45) is 0 Å². The smallest absolute Gasteiger partial charge is 0.128 e. The molecule has 0 aromatic heterocycles. The summed E-state index contributed by atoms with van der Waals surface area (Å²) >= 11 is 1.65. The lowest BCUT2D eigenvalue weighted by atomic mass is 10.2. The zero-order valence-corrected chi connectivity index (χ0v) is 12.3. The zero-order chi connectivity index (χ0) is 13.9. The van der Waals surface area contributed by atoms with Crippen molar-refractivity contribution < 1.29 is 4.39 Å². The summed E-state index contributed by atoms with van der Waals surface area (Å²) in [6.07, 6.45) is 2.43. The number of rotatable bonds is 5. The van der Waals surface area contributed by atoms with Crippen molar-refractivity contribution in [2.75, 3.05) is 0 Å². The van der Waals surface area contributed by atoms with Crippen molar-refractivity contribution in [3.05, 3.63) is 59.4 Å². The molecule has 3 heteroatoms. The molecule has 0 aliphatic heterocycles. The van der Waals surface area contributed by atoms with Crippen molar-refractivity contribution in [1.82, 2.24) is 5.32 Å². The molecule has 2 aromatic carbocycles. The van der Waals surface area contributed by atoms with Gasteiger partial charge in [-0.1, -0.05) is 36.0 Å². The average Bonchev–Trinajstić information content (AvgIpc) is 3.25. The topological polar surface area (TPSA) is 12.0 Å². The molecule has 0 unspecified atom stereocenters. The van der Waals surface area contributed by atoms with E-state index in [4.69, 9.17) is 0 Å². The van der Waals surface area contributed by atoms with Crippen LogP contribution in [0.5, 0.6) is 0 Å². The van der Waals surface area contributed by atoms with Gasteiger partial charge < -0.3 is 5.32 Å². The van der Waals surface area contributed by atoms with E-state index in [9.17, 15) is 4.39 Å². The Morgan fingerprint density at radius 3 is 2.60 bits per heavy atom. The third-order valence-corrected chi connectivity index (χ3v) is 4.81. The Morgan fingerprint density at radius 2 is 1.85 bits per heavy atom. The molecule has 0 heterocycles. The average molecular weight is 287 g/mol. The molecule has 1 aliphatic carbocycles. The minimum atomic E-state index is -0.114. The van der Waals surface area contributed by atoms with Crippen LogP contribution in [0, 0.1) is 12.7 Å². The second-order valence-electron chi connectivity index (χ2n) is 5.24. The van der Waals surface area contributed by atoms with Crippen LogP contribution in [0.4, 0.5) is 4.39 Å². The number of benzene rings is 2. The van der Waals surface area contributed by atoms with Gasteiger partial charge in [-0.3, -0.25) is 0 Å². The molecule has 1 nitrogen and oxygen atoms in total. The first-order chi connectivity index (χ1) is 9.74. The van der Waals surface area contributed by atoms with E-state index in [2.05, 4.69) is 24.4 Å². The van der Waals surface area contributed by atoms with Gasteiger partial charge in [-0.25, -0.2) is 4.39 Å². The van der Waals surface area contributed by atoms with E-state index < -0.39 is 0 Å². The lowest BCUT2D eigenvalue weighted by molar-refractivity contribution is 0.579. The van der Waals surface area contributed by atoms with Gasteiger partial charge in [0.15, 0.2) is 0 Å². The Hall–Kier alpha value is -1.32. The van der Waals surface area contributed by atoms with Crippen LogP contribution < -0.4 is 5.32 Å². The summed E-state index contributed by atoms with van der Waals surface area (Å²) in [5.74, 6) is -0.114. The van der Waals surface area contributed by atoms with E-state index in [1.54, 1.807) is 23.9 Å². The lowest BCUT2D eigenvalue weighted by Gasteiger charge is -2.12. The molecule has 0 radical (unpaired) electrons. The van der Waals surface area contributed by atoms with Crippen LogP contribution in [0.3, 0.4) is 0 Å². The SMILES string of the molecule is Cc1ccccc1Sc1cccc(F)c1CNC1CC1. The molecule has 0 spiro atoms. The van der Waals surface area contributed by atoms with Gasteiger partial charge in [-0.15, -0.1) is 0 Å². The predicted octanol–water partition coefficient (Wildman–Crippen LogP) is 4.54. The highest BCUT2D eigenvalue weighted by Gasteiger charge is 2.21. The molecular weight excluding hydrogens is 269 g/mol. The summed E-state index contributed by atoms with van der Waals surface area (Å²) < 4.78 is 14.1. The van der Waals surface area contributed by atoms with E-state index >= 15 is 0 Å². The number of hydrogen-bond donors (Lipinski definition) is 1. The molecule has 1 fully saturated rings. The largest absolute Gasteiger partial charge is 0.310 e. The summed E-state index contributed by atoms with van der Waals surface area (Å²) in [5, 5.41) is 3.40. The van der Waals surface area contributed by atoms with Gasteiger partial charge in [0.25, 0.3) is 0 Å². The second-order valence-corrected chi connectivity index (χ2v) is 6.32. The maximum absolute atomic E-state index is 14.1. The summed E-state index contributed by atoms with van der Waals surface area (Å²) in [6.45, 7) is 2.70. The normalized spacial score (nSPS) is 14.5. The molecule has 104 valence electrons. The summed E-state index contributed by atoms with van der Waals surface area (Å²) in [7, 11) is 0. The second kappa shape index (κ2) is 5.98. The molecule has 1 N–H and O–H groups in total. The molecule has 0 bridgehead atoms. The third kappa shape index (κ3) is 3.22. The number of nitrogens with one attached hydrogen (secondary N) is 1. The van der Waals surface area contributed by atoms with Crippen LogP contribution in [-0.4, -0.2) is 6.04 Å². The quantitative estimate of drug-likeness (QED) is 0.866. The van der Waals surface area contributed by atoms with E-state index in [-0.39, 0.29) is 5.82 Å². The predicted molar refractivity (Wildman–Crippen MR) is 81.6 cm³/mol. The molecule has 0 saturated heterocycles. The van der Waals surface area contributed by atoms with Crippen LogP contribution in [0.15, 0.2) is 52.3 Å². The number of halogens is 1. The summed E-state index contributed by atoms with van der Waals surface area (Å²) in [4.78, 5) is 2.19. The van der Waals surface area contributed by atoms with Crippen LogP contribution in [0.2, 0.25) is 0 Å². The highest BCUT2D eigenvalue weighted by Crippen LogP contribution is 2.34. The Kier molecular flexibility index (Phi) is 4.08. The van der Waals surface area contributed by atoms with Crippen LogP contribution in [0.1, 0.15) is 24.0 Å². The first-order valence-corrected chi connectivity index (χ1v) is 7.80. The molecule has 1 aliphatic rings.